The van der Waals surface area contributed by atoms with Gasteiger partial charge in [0.25, 0.3) is 5.91 Å². The highest BCUT2D eigenvalue weighted by atomic mass is 16.5. The quantitative estimate of drug-likeness (QED) is 0.718. The van der Waals surface area contributed by atoms with Crippen LogP contribution in [-0.2, 0) is 14.3 Å². The smallest absolute Gasteiger partial charge is 0.251 e. The molecule has 2 unspecified atom stereocenters. The van der Waals surface area contributed by atoms with Crippen LogP contribution >= 0.6 is 0 Å². The summed E-state index contributed by atoms with van der Waals surface area (Å²) in [6, 6.07) is 10.4. The molecule has 1 aliphatic rings. The molecule has 4 heteroatoms. The number of likely N-dealkylation sites (tertiary alicyclic amines) is 1. The lowest BCUT2D eigenvalue weighted by molar-refractivity contribution is -0.151. The highest BCUT2D eigenvalue weighted by Crippen LogP contribution is 2.33. The van der Waals surface area contributed by atoms with Gasteiger partial charge in [-0.15, -0.1) is 0 Å². The van der Waals surface area contributed by atoms with Gasteiger partial charge in [0.2, 0.25) is 0 Å². The Labute approximate surface area is 120 Å². The van der Waals surface area contributed by atoms with E-state index in [-0.39, 0.29) is 11.9 Å². The molecule has 1 heterocycles. The van der Waals surface area contributed by atoms with Crippen LogP contribution in [0.25, 0.3) is 0 Å². The van der Waals surface area contributed by atoms with E-state index in [2.05, 4.69) is 12.1 Å². The number of benzene rings is 1. The lowest BCUT2D eigenvalue weighted by Crippen LogP contribution is -2.49. The molecule has 1 aromatic carbocycles. The molecule has 4 nitrogen and oxygen atoms in total. The van der Waals surface area contributed by atoms with Crippen molar-refractivity contribution < 1.29 is 14.3 Å². The van der Waals surface area contributed by atoms with Crippen molar-refractivity contribution in [2.24, 2.45) is 0 Å². The third-order valence-corrected chi connectivity index (χ3v) is 3.63. The van der Waals surface area contributed by atoms with Gasteiger partial charge < -0.3 is 14.4 Å². The van der Waals surface area contributed by atoms with Crippen molar-refractivity contribution in [3.8, 4) is 0 Å². The van der Waals surface area contributed by atoms with Crippen LogP contribution in [0.1, 0.15) is 31.9 Å². The van der Waals surface area contributed by atoms with Gasteiger partial charge in [-0.2, -0.15) is 0 Å². The average Bonchev–Trinajstić information content (AvgIpc) is 2.43. The van der Waals surface area contributed by atoms with E-state index < -0.39 is 6.10 Å². The highest BCUT2D eigenvalue weighted by molar-refractivity contribution is 5.81. The van der Waals surface area contributed by atoms with Crippen LogP contribution in [0.4, 0.5) is 0 Å². The fourth-order valence-corrected chi connectivity index (χ4v) is 2.41. The average molecular weight is 277 g/mol. The molecule has 0 saturated carbocycles. The summed E-state index contributed by atoms with van der Waals surface area (Å²) in [6.07, 6.45) is 0.628. The first-order valence-corrected chi connectivity index (χ1v) is 7.28. The zero-order valence-corrected chi connectivity index (χ0v) is 12.2. The van der Waals surface area contributed by atoms with Gasteiger partial charge in [0, 0.05) is 13.2 Å². The van der Waals surface area contributed by atoms with E-state index in [0.717, 1.165) is 13.0 Å². The molecule has 1 saturated heterocycles. The van der Waals surface area contributed by atoms with Crippen molar-refractivity contribution in [1.29, 1.82) is 0 Å². The summed E-state index contributed by atoms with van der Waals surface area (Å²) in [7, 11) is 0. The molecule has 0 spiro atoms. The lowest BCUT2D eigenvalue weighted by Gasteiger charge is -2.42. The van der Waals surface area contributed by atoms with Gasteiger partial charge in [-0.1, -0.05) is 30.3 Å². The van der Waals surface area contributed by atoms with Gasteiger partial charge >= 0.3 is 0 Å². The van der Waals surface area contributed by atoms with Crippen LogP contribution in [0.5, 0.6) is 0 Å². The van der Waals surface area contributed by atoms with Crippen molar-refractivity contribution in [3.05, 3.63) is 35.9 Å². The van der Waals surface area contributed by atoms with Gasteiger partial charge in [-0.25, -0.2) is 0 Å². The first-order valence-electron chi connectivity index (χ1n) is 7.28. The molecular weight excluding hydrogens is 254 g/mol. The predicted molar refractivity (Wildman–Crippen MR) is 77.4 cm³/mol. The zero-order valence-electron chi connectivity index (χ0n) is 12.2. The Morgan fingerprint density at radius 1 is 1.35 bits per heavy atom. The molecule has 20 heavy (non-hydrogen) atoms. The summed E-state index contributed by atoms with van der Waals surface area (Å²) in [5.41, 5.74) is 1.20. The maximum Gasteiger partial charge on any atom is 0.251 e. The monoisotopic (exact) mass is 277 g/mol. The van der Waals surface area contributed by atoms with Crippen LogP contribution in [0.2, 0.25) is 0 Å². The van der Waals surface area contributed by atoms with E-state index in [0.29, 0.717) is 19.8 Å². The summed E-state index contributed by atoms with van der Waals surface area (Å²) in [4.78, 5) is 14.2. The molecule has 1 amide bonds. The van der Waals surface area contributed by atoms with E-state index in [1.54, 1.807) is 0 Å². The number of carbonyl (C=O) groups excluding carboxylic acids is 1. The number of amides is 1. The molecule has 0 aromatic heterocycles. The Hall–Kier alpha value is -1.39. The number of hydrogen-bond acceptors (Lipinski definition) is 3. The molecular formula is C16H23NO3. The molecule has 110 valence electrons. The molecule has 2 atom stereocenters. The van der Waals surface area contributed by atoms with E-state index in [1.807, 2.05) is 36.9 Å². The fourth-order valence-electron chi connectivity index (χ4n) is 2.41. The lowest BCUT2D eigenvalue weighted by atomic mass is 9.94. The maximum atomic E-state index is 12.3. The highest BCUT2D eigenvalue weighted by Gasteiger charge is 2.35. The first-order chi connectivity index (χ1) is 9.74. The minimum atomic E-state index is -0.401. The van der Waals surface area contributed by atoms with E-state index >= 15 is 0 Å². The summed E-state index contributed by atoms with van der Waals surface area (Å²) in [5, 5.41) is 0. The normalized spacial score (nSPS) is 19.5. The van der Waals surface area contributed by atoms with Crippen molar-refractivity contribution in [3.63, 3.8) is 0 Å². The molecule has 1 aromatic rings. The number of ether oxygens (including phenoxy) is 2. The second kappa shape index (κ2) is 7.41. The molecule has 1 fully saturated rings. The topological polar surface area (TPSA) is 38.8 Å². The van der Waals surface area contributed by atoms with Crippen LogP contribution in [-0.4, -0.2) is 43.3 Å². The number of rotatable bonds is 7. The van der Waals surface area contributed by atoms with Gasteiger partial charge in [0.15, 0.2) is 0 Å². The van der Waals surface area contributed by atoms with Gasteiger partial charge in [-0.05, 0) is 25.8 Å². The minimum Gasteiger partial charge on any atom is -0.379 e. The summed E-state index contributed by atoms with van der Waals surface area (Å²) >= 11 is 0. The summed E-state index contributed by atoms with van der Waals surface area (Å²) in [6.45, 7) is 6.25. The van der Waals surface area contributed by atoms with Gasteiger partial charge in [0.1, 0.15) is 6.10 Å². The second-order valence-corrected chi connectivity index (χ2v) is 4.96. The molecule has 0 N–H and O–H groups in total. The van der Waals surface area contributed by atoms with Gasteiger partial charge in [-0.3, -0.25) is 4.79 Å². The molecule has 0 radical (unpaired) electrons. The number of carbonyl (C=O) groups is 1. The molecule has 1 aliphatic heterocycles. The van der Waals surface area contributed by atoms with E-state index in [9.17, 15) is 4.79 Å². The van der Waals surface area contributed by atoms with E-state index in [4.69, 9.17) is 9.47 Å². The van der Waals surface area contributed by atoms with Crippen LogP contribution in [0, 0.1) is 0 Å². The van der Waals surface area contributed by atoms with Crippen molar-refractivity contribution in [2.45, 2.75) is 32.4 Å². The first kappa shape index (κ1) is 15.0. The van der Waals surface area contributed by atoms with Crippen molar-refractivity contribution in [1.82, 2.24) is 4.90 Å². The van der Waals surface area contributed by atoms with Crippen molar-refractivity contribution >= 4 is 5.91 Å². The zero-order chi connectivity index (χ0) is 14.4. The van der Waals surface area contributed by atoms with E-state index in [1.165, 1.54) is 5.56 Å². The largest absolute Gasteiger partial charge is 0.379 e. The predicted octanol–water partition coefficient (Wildman–Crippen LogP) is 2.40. The standard InChI is InChI=1S/C16H23NO3/c1-3-19-11-12-20-13(2)16(18)17-10-9-15(17)14-7-5-4-6-8-14/h4-8,13,15H,3,9-12H2,1-2H3. The molecule has 0 bridgehead atoms. The Morgan fingerprint density at radius 3 is 2.70 bits per heavy atom. The summed E-state index contributed by atoms with van der Waals surface area (Å²) < 4.78 is 10.7. The SMILES string of the molecule is CCOCCOC(C)C(=O)N1CCC1c1ccccc1. The number of hydrogen-bond donors (Lipinski definition) is 0. The Balaban J connectivity index is 1.83. The third-order valence-electron chi connectivity index (χ3n) is 3.63. The fraction of sp³-hybridized carbons (Fsp3) is 0.562. The van der Waals surface area contributed by atoms with Crippen LogP contribution < -0.4 is 0 Å². The van der Waals surface area contributed by atoms with Crippen LogP contribution in [0.3, 0.4) is 0 Å². The number of nitrogens with zero attached hydrogens (tertiary/aromatic N) is 1. The third kappa shape index (κ3) is 3.58. The molecule has 0 aliphatic carbocycles. The van der Waals surface area contributed by atoms with Crippen molar-refractivity contribution in [2.75, 3.05) is 26.4 Å². The second-order valence-electron chi connectivity index (χ2n) is 4.96. The maximum absolute atomic E-state index is 12.3. The molecule has 2 rings (SSSR count). The van der Waals surface area contributed by atoms with Gasteiger partial charge in [0.05, 0.1) is 19.3 Å². The Bertz CT molecular complexity index is 421. The Kier molecular flexibility index (Phi) is 5.56. The minimum absolute atomic E-state index is 0.0709. The van der Waals surface area contributed by atoms with Crippen LogP contribution in [0.15, 0.2) is 30.3 Å². The summed E-state index contributed by atoms with van der Waals surface area (Å²) in [5.74, 6) is 0.0709. The Morgan fingerprint density at radius 2 is 2.10 bits per heavy atom.